The lowest BCUT2D eigenvalue weighted by Crippen LogP contribution is -2.71. The average Bonchev–Trinajstić information content (AvgIpc) is 3.03. The lowest BCUT2D eigenvalue weighted by Gasteiger charge is -2.51. The van der Waals surface area contributed by atoms with Crippen molar-refractivity contribution in [3.63, 3.8) is 0 Å². The first-order valence-corrected chi connectivity index (χ1v) is 8.68. The molecule has 0 bridgehead atoms. The monoisotopic (exact) mass is 354 g/mol. The van der Waals surface area contributed by atoms with Crippen LogP contribution < -0.4 is 4.90 Å². The Kier molecular flexibility index (Phi) is 4.07. The van der Waals surface area contributed by atoms with Crippen LogP contribution in [0.5, 0.6) is 0 Å². The number of carboxylic acids is 1. The van der Waals surface area contributed by atoms with Crippen molar-refractivity contribution in [3.8, 4) is 0 Å². The number of carbonyl (C=O) groups is 3. The van der Waals surface area contributed by atoms with Crippen molar-refractivity contribution in [3.05, 3.63) is 29.0 Å². The van der Waals surface area contributed by atoms with Crippen molar-refractivity contribution in [1.29, 1.82) is 0 Å². The Balaban J connectivity index is 1.95. The van der Waals surface area contributed by atoms with Crippen molar-refractivity contribution >= 4 is 45.9 Å². The molecule has 23 heavy (non-hydrogen) atoms. The average molecular weight is 354 g/mol. The van der Waals surface area contributed by atoms with E-state index in [1.54, 1.807) is 12.1 Å². The van der Waals surface area contributed by atoms with Gasteiger partial charge in [-0.25, -0.2) is 4.79 Å². The molecule has 7 nitrogen and oxygen atoms in total. The SMILES string of the molecule is COC1=C(C(=O)O)N2C(=O)[C@@H](N(C(C)=O)c3cccs3)[C@@H]2SC1. The fraction of sp³-hybridized carbons (Fsp3) is 0.357. The molecule has 1 fully saturated rings. The second-order valence-corrected chi connectivity index (χ2v) is 7.01. The van der Waals surface area contributed by atoms with Crippen LogP contribution in [0.1, 0.15) is 6.92 Å². The van der Waals surface area contributed by atoms with Crippen LogP contribution in [-0.4, -0.2) is 52.1 Å². The molecule has 1 saturated heterocycles. The largest absolute Gasteiger partial charge is 0.498 e. The highest BCUT2D eigenvalue weighted by Gasteiger charge is 2.57. The summed E-state index contributed by atoms with van der Waals surface area (Å²) in [6.45, 7) is 1.40. The Labute approximate surface area is 140 Å². The van der Waals surface area contributed by atoms with Gasteiger partial charge in [-0.3, -0.25) is 19.4 Å². The first kappa shape index (κ1) is 15.9. The van der Waals surface area contributed by atoms with Crippen LogP contribution in [0.4, 0.5) is 5.00 Å². The highest BCUT2D eigenvalue weighted by molar-refractivity contribution is 8.00. The maximum atomic E-state index is 12.6. The van der Waals surface area contributed by atoms with E-state index >= 15 is 0 Å². The summed E-state index contributed by atoms with van der Waals surface area (Å²) < 4.78 is 5.09. The van der Waals surface area contributed by atoms with Crippen LogP contribution in [0.3, 0.4) is 0 Å². The van der Waals surface area contributed by atoms with Gasteiger partial charge >= 0.3 is 5.97 Å². The number of anilines is 1. The molecule has 1 N–H and O–H groups in total. The number of fused-ring (bicyclic) bond motifs is 1. The molecule has 0 aliphatic carbocycles. The molecule has 0 spiro atoms. The first-order valence-electron chi connectivity index (χ1n) is 6.75. The molecule has 122 valence electrons. The van der Waals surface area contributed by atoms with Crippen LogP contribution in [0, 0.1) is 0 Å². The molecule has 0 unspecified atom stereocenters. The molecule has 2 aliphatic rings. The minimum atomic E-state index is -1.20. The number of thioether (sulfide) groups is 1. The summed E-state index contributed by atoms with van der Waals surface area (Å²) in [4.78, 5) is 38.7. The number of amides is 2. The first-order chi connectivity index (χ1) is 11.0. The van der Waals surface area contributed by atoms with E-state index < -0.39 is 23.3 Å². The standard InChI is InChI=1S/C14H14N2O5S2/c1-7(17)15(9-4-3-5-22-9)11-12(18)16-10(14(19)20)8(21-2)6-23-13(11)16/h3-5,11,13H,6H2,1-2H3,(H,19,20)/t11-,13+/m1/s1. The van der Waals surface area contributed by atoms with Crippen molar-refractivity contribution in [2.45, 2.75) is 18.3 Å². The number of nitrogens with zero attached hydrogens (tertiary/aromatic N) is 2. The van der Waals surface area contributed by atoms with E-state index in [9.17, 15) is 19.5 Å². The van der Waals surface area contributed by atoms with Gasteiger partial charge < -0.3 is 9.84 Å². The summed E-state index contributed by atoms with van der Waals surface area (Å²) in [7, 11) is 1.38. The number of carbonyl (C=O) groups excluding carboxylic acids is 2. The lowest BCUT2D eigenvalue weighted by atomic mass is 10.0. The van der Waals surface area contributed by atoms with Gasteiger partial charge in [0.05, 0.1) is 17.9 Å². The number of aliphatic carboxylic acids is 1. The number of β-lactam (4-membered cyclic amide) rings is 1. The molecule has 0 radical (unpaired) electrons. The second kappa shape index (κ2) is 5.89. The van der Waals surface area contributed by atoms with E-state index in [2.05, 4.69) is 0 Å². The Morgan fingerprint density at radius 2 is 2.22 bits per heavy atom. The molecule has 2 amide bonds. The highest BCUT2D eigenvalue weighted by Crippen LogP contribution is 2.44. The van der Waals surface area contributed by atoms with Gasteiger partial charge in [0.2, 0.25) is 5.91 Å². The number of ether oxygens (including phenoxy) is 1. The van der Waals surface area contributed by atoms with Gasteiger partial charge in [0.25, 0.3) is 5.91 Å². The molecule has 3 heterocycles. The Morgan fingerprint density at radius 1 is 1.48 bits per heavy atom. The topological polar surface area (TPSA) is 87.2 Å². The fourth-order valence-corrected chi connectivity index (χ4v) is 4.89. The Bertz CT molecular complexity index is 700. The van der Waals surface area contributed by atoms with E-state index in [1.165, 1.54) is 46.9 Å². The molecule has 1 aromatic heterocycles. The van der Waals surface area contributed by atoms with E-state index in [0.29, 0.717) is 10.8 Å². The number of methoxy groups -OCH3 is 1. The third-order valence-electron chi connectivity index (χ3n) is 3.72. The lowest BCUT2D eigenvalue weighted by molar-refractivity contribution is -0.149. The molecular weight excluding hydrogens is 340 g/mol. The zero-order valence-corrected chi connectivity index (χ0v) is 14.0. The maximum absolute atomic E-state index is 12.6. The van der Waals surface area contributed by atoms with Crippen LogP contribution in [0.25, 0.3) is 0 Å². The number of hydrogen-bond acceptors (Lipinski definition) is 6. The molecule has 2 aliphatic heterocycles. The van der Waals surface area contributed by atoms with E-state index in [-0.39, 0.29) is 17.4 Å². The molecule has 1 aromatic rings. The molecular formula is C14H14N2O5S2. The Morgan fingerprint density at radius 3 is 2.74 bits per heavy atom. The smallest absolute Gasteiger partial charge is 0.356 e. The summed E-state index contributed by atoms with van der Waals surface area (Å²) in [5.74, 6) is -1.25. The normalized spacial score (nSPS) is 23.2. The van der Waals surface area contributed by atoms with Crippen molar-refractivity contribution in [2.24, 2.45) is 0 Å². The fourth-order valence-electron chi connectivity index (χ4n) is 2.73. The maximum Gasteiger partial charge on any atom is 0.356 e. The van der Waals surface area contributed by atoms with Crippen molar-refractivity contribution in [1.82, 2.24) is 4.90 Å². The summed E-state index contributed by atoms with van der Waals surface area (Å²) in [5.41, 5.74) is -0.132. The van der Waals surface area contributed by atoms with Gasteiger partial charge in [0.15, 0.2) is 5.70 Å². The van der Waals surface area contributed by atoms with Crippen molar-refractivity contribution < 1.29 is 24.2 Å². The van der Waals surface area contributed by atoms with Gasteiger partial charge in [0, 0.05) is 6.92 Å². The van der Waals surface area contributed by atoms with Gasteiger partial charge in [-0.2, -0.15) is 0 Å². The minimum Gasteiger partial charge on any atom is -0.498 e. The van der Waals surface area contributed by atoms with Crippen LogP contribution in [0.2, 0.25) is 0 Å². The van der Waals surface area contributed by atoms with Gasteiger partial charge in [-0.05, 0) is 17.5 Å². The van der Waals surface area contributed by atoms with Crippen LogP contribution >= 0.6 is 23.1 Å². The molecule has 9 heteroatoms. The molecule has 0 saturated carbocycles. The van der Waals surface area contributed by atoms with Gasteiger partial charge in [-0.1, -0.05) is 0 Å². The number of carboxylic acid groups (broad SMARTS) is 1. The zero-order valence-electron chi connectivity index (χ0n) is 12.4. The summed E-state index contributed by atoms with van der Waals surface area (Å²) in [6, 6.07) is 2.88. The zero-order chi connectivity index (χ0) is 16.7. The van der Waals surface area contributed by atoms with E-state index in [0.717, 1.165) is 0 Å². The summed E-state index contributed by atoms with van der Waals surface area (Å²) >= 11 is 2.75. The Hall–Kier alpha value is -2.00. The molecule has 2 atom stereocenters. The number of thiophene rings is 1. The molecule has 0 aromatic carbocycles. The van der Waals surface area contributed by atoms with E-state index in [1.807, 2.05) is 5.38 Å². The third-order valence-corrected chi connectivity index (χ3v) is 5.82. The predicted molar refractivity (Wildman–Crippen MR) is 86.0 cm³/mol. The highest BCUT2D eigenvalue weighted by atomic mass is 32.2. The predicted octanol–water partition coefficient (Wildman–Crippen LogP) is 1.33. The van der Waals surface area contributed by atoms with E-state index in [4.69, 9.17) is 4.74 Å². The number of hydrogen-bond donors (Lipinski definition) is 1. The van der Waals surface area contributed by atoms with Gasteiger partial charge in [-0.15, -0.1) is 23.1 Å². The van der Waals surface area contributed by atoms with Crippen molar-refractivity contribution in [2.75, 3.05) is 17.8 Å². The number of rotatable bonds is 4. The quantitative estimate of drug-likeness (QED) is 0.821. The minimum absolute atomic E-state index is 0.132. The second-order valence-electron chi connectivity index (χ2n) is 4.98. The molecule has 3 rings (SSSR count). The van der Waals surface area contributed by atoms with Crippen LogP contribution in [-0.2, 0) is 19.1 Å². The van der Waals surface area contributed by atoms with Crippen LogP contribution in [0.15, 0.2) is 29.0 Å². The summed E-state index contributed by atoms with van der Waals surface area (Å²) in [5, 5.41) is 11.5. The third kappa shape index (κ3) is 2.40. The van der Waals surface area contributed by atoms with Gasteiger partial charge in [0.1, 0.15) is 17.2 Å². The summed E-state index contributed by atoms with van der Waals surface area (Å²) in [6.07, 6.45) is 0.